The normalized spacial score (nSPS) is 23.0. The van der Waals surface area contributed by atoms with Crippen LogP contribution in [0.4, 0.5) is 0 Å². The lowest BCUT2D eigenvalue weighted by Crippen LogP contribution is -2.44. The summed E-state index contributed by atoms with van der Waals surface area (Å²) >= 11 is 0. The zero-order valence-corrected chi connectivity index (χ0v) is 8.92. The molecule has 84 valence electrons. The summed E-state index contributed by atoms with van der Waals surface area (Å²) in [5, 5.41) is 0. The van der Waals surface area contributed by atoms with E-state index in [0.717, 1.165) is 38.5 Å². The van der Waals surface area contributed by atoms with Gasteiger partial charge in [-0.05, 0) is 12.8 Å². The molecule has 0 amide bonds. The molecular formula is C8H17NO4S. The van der Waals surface area contributed by atoms with Gasteiger partial charge >= 0.3 is 10.4 Å². The average Bonchev–Trinajstić information content (AvgIpc) is 2.27. The molecule has 0 radical (unpaired) electrons. The molecule has 0 saturated heterocycles. The standard InChI is InChI=1S/C8H17NO4S/c9-8(7-13-14(10,11)12)5-3-1-2-4-6-8/h1-7,9H2,(H,10,11,12). The van der Waals surface area contributed by atoms with Gasteiger partial charge in [-0.3, -0.25) is 4.55 Å². The van der Waals surface area contributed by atoms with Crippen LogP contribution in [0.1, 0.15) is 38.5 Å². The number of hydrogen-bond acceptors (Lipinski definition) is 4. The smallest absolute Gasteiger partial charge is 0.323 e. The molecule has 6 heteroatoms. The maximum atomic E-state index is 10.4. The van der Waals surface area contributed by atoms with Crippen molar-refractivity contribution in [2.24, 2.45) is 5.73 Å². The predicted octanol–water partition coefficient (Wildman–Crippen LogP) is 0.857. The molecule has 0 aromatic heterocycles. The van der Waals surface area contributed by atoms with Gasteiger partial charge in [0.1, 0.15) is 0 Å². The third-order valence-corrected chi connectivity index (χ3v) is 3.01. The molecule has 3 N–H and O–H groups in total. The summed E-state index contributed by atoms with van der Waals surface area (Å²) in [6.07, 6.45) is 5.75. The van der Waals surface area contributed by atoms with Gasteiger partial charge in [-0.25, -0.2) is 4.18 Å². The van der Waals surface area contributed by atoms with Crippen LogP contribution in [0.3, 0.4) is 0 Å². The van der Waals surface area contributed by atoms with Crippen LogP contribution in [0, 0.1) is 0 Å². The predicted molar refractivity (Wildman–Crippen MR) is 52.1 cm³/mol. The summed E-state index contributed by atoms with van der Waals surface area (Å²) in [6, 6.07) is 0. The van der Waals surface area contributed by atoms with Crippen LogP contribution in [-0.2, 0) is 14.6 Å². The van der Waals surface area contributed by atoms with Crippen molar-refractivity contribution in [3.8, 4) is 0 Å². The molecule has 1 aliphatic carbocycles. The highest BCUT2D eigenvalue weighted by Gasteiger charge is 2.28. The highest BCUT2D eigenvalue weighted by atomic mass is 32.3. The van der Waals surface area contributed by atoms with Gasteiger partial charge in [0.25, 0.3) is 0 Å². The largest absolute Gasteiger partial charge is 0.397 e. The summed E-state index contributed by atoms with van der Waals surface area (Å²) in [5.41, 5.74) is 5.37. The Morgan fingerprint density at radius 3 is 2.14 bits per heavy atom. The Hall–Kier alpha value is -0.170. The molecular weight excluding hydrogens is 206 g/mol. The monoisotopic (exact) mass is 223 g/mol. The molecule has 1 fully saturated rings. The first kappa shape index (κ1) is 11.9. The molecule has 0 unspecified atom stereocenters. The Labute approximate surface area is 84.6 Å². The molecule has 0 aromatic carbocycles. The van der Waals surface area contributed by atoms with Crippen LogP contribution in [0.5, 0.6) is 0 Å². The van der Waals surface area contributed by atoms with Crippen LogP contribution in [-0.4, -0.2) is 25.1 Å². The first-order valence-electron chi connectivity index (χ1n) is 4.82. The second-order valence-electron chi connectivity index (χ2n) is 3.97. The highest BCUT2D eigenvalue weighted by Crippen LogP contribution is 2.25. The zero-order chi connectivity index (χ0) is 10.7. The first-order valence-corrected chi connectivity index (χ1v) is 6.19. The summed E-state index contributed by atoms with van der Waals surface area (Å²) in [4.78, 5) is 0. The van der Waals surface area contributed by atoms with Crippen molar-refractivity contribution in [3.05, 3.63) is 0 Å². The molecule has 0 heterocycles. The van der Waals surface area contributed by atoms with E-state index in [1.165, 1.54) is 0 Å². The van der Waals surface area contributed by atoms with E-state index < -0.39 is 15.9 Å². The van der Waals surface area contributed by atoms with Gasteiger partial charge in [-0.1, -0.05) is 25.7 Å². The van der Waals surface area contributed by atoms with E-state index in [-0.39, 0.29) is 6.61 Å². The lowest BCUT2D eigenvalue weighted by molar-refractivity contribution is 0.184. The van der Waals surface area contributed by atoms with Crippen LogP contribution in [0.2, 0.25) is 0 Å². The second-order valence-corrected chi connectivity index (χ2v) is 5.06. The third-order valence-electron chi connectivity index (χ3n) is 2.59. The van der Waals surface area contributed by atoms with E-state index in [0.29, 0.717) is 0 Å². The van der Waals surface area contributed by atoms with Gasteiger partial charge in [-0.15, -0.1) is 0 Å². The summed E-state index contributed by atoms with van der Waals surface area (Å²) in [6.45, 7) is -0.119. The van der Waals surface area contributed by atoms with E-state index in [4.69, 9.17) is 10.3 Å². The molecule has 5 nitrogen and oxygen atoms in total. The minimum absolute atomic E-state index is 0.119. The van der Waals surface area contributed by atoms with Crippen LogP contribution in [0.25, 0.3) is 0 Å². The maximum Gasteiger partial charge on any atom is 0.397 e. The number of nitrogens with two attached hydrogens (primary N) is 1. The van der Waals surface area contributed by atoms with Crippen molar-refractivity contribution >= 4 is 10.4 Å². The van der Waals surface area contributed by atoms with Crippen LogP contribution >= 0.6 is 0 Å². The molecule has 0 atom stereocenters. The van der Waals surface area contributed by atoms with Crippen molar-refractivity contribution in [1.29, 1.82) is 0 Å². The van der Waals surface area contributed by atoms with Crippen LogP contribution in [0.15, 0.2) is 0 Å². The fourth-order valence-corrected chi connectivity index (χ4v) is 2.15. The lowest BCUT2D eigenvalue weighted by atomic mass is 9.93. The quantitative estimate of drug-likeness (QED) is 0.547. The van der Waals surface area contributed by atoms with Gasteiger partial charge in [0.05, 0.1) is 6.61 Å². The van der Waals surface area contributed by atoms with Crippen molar-refractivity contribution in [3.63, 3.8) is 0 Å². The zero-order valence-electron chi connectivity index (χ0n) is 8.11. The molecule has 14 heavy (non-hydrogen) atoms. The summed E-state index contributed by atoms with van der Waals surface area (Å²) in [5.74, 6) is 0. The maximum absolute atomic E-state index is 10.4. The van der Waals surface area contributed by atoms with Crippen molar-refractivity contribution < 1.29 is 17.2 Å². The Bertz CT molecular complexity index is 267. The molecule has 0 spiro atoms. The molecule has 1 aliphatic rings. The number of hydrogen-bond donors (Lipinski definition) is 2. The minimum atomic E-state index is -4.35. The Morgan fingerprint density at radius 2 is 1.71 bits per heavy atom. The minimum Gasteiger partial charge on any atom is -0.323 e. The SMILES string of the molecule is NC1(COS(=O)(=O)O)CCCCCC1. The van der Waals surface area contributed by atoms with Gasteiger partial charge < -0.3 is 5.73 Å². The van der Waals surface area contributed by atoms with E-state index in [2.05, 4.69) is 4.18 Å². The van der Waals surface area contributed by atoms with Gasteiger partial charge in [-0.2, -0.15) is 8.42 Å². The fourth-order valence-electron chi connectivity index (χ4n) is 1.77. The Kier molecular flexibility index (Phi) is 3.88. The second kappa shape index (κ2) is 4.57. The van der Waals surface area contributed by atoms with Crippen molar-refractivity contribution in [2.45, 2.75) is 44.1 Å². The van der Waals surface area contributed by atoms with E-state index >= 15 is 0 Å². The van der Waals surface area contributed by atoms with Crippen molar-refractivity contribution in [2.75, 3.05) is 6.61 Å². The topological polar surface area (TPSA) is 89.6 Å². The molecule has 0 bridgehead atoms. The number of rotatable bonds is 3. The van der Waals surface area contributed by atoms with Crippen LogP contribution < -0.4 is 5.73 Å². The van der Waals surface area contributed by atoms with E-state index in [9.17, 15) is 8.42 Å². The molecule has 1 saturated carbocycles. The molecule has 0 aliphatic heterocycles. The molecule has 1 rings (SSSR count). The Morgan fingerprint density at radius 1 is 1.21 bits per heavy atom. The highest BCUT2D eigenvalue weighted by molar-refractivity contribution is 7.80. The van der Waals surface area contributed by atoms with Gasteiger partial charge in [0, 0.05) is 5.54 Å². The lowest BCUT2D eigenvalue weighted by Gasteiger charge is -2.26. The third kappa shape index (κ3) is 4.36. The molecule has 0 aromatic rings. The van der Waals surface area contributed by atoms with Crippen molar-refractivity contribution in [1.82, 2.24) is 0 Å². The van der Waals surface area contributed by atoms with Gasteiger partial charge in [0.2, 0.25) is 0 Å². The fraction of sp³-hybridized carbons (Fsp3) is 1.00. The Balaban J connectivity index is 2.47. The first-order chi connectivity index (χ1) is 6.41. The van der Waals surface area contributed by atoms with E-state index in [1.807, 2.05) is 0 Å². The van der Waals surface area contributed by atoms with Gasteiger partial charge in [0.15, 0.2) is 0 Å². The summed E-state index contributed by atoms with van der Waals surface area (Å²) < 4.78 is 33.5. The summed E-state index contributed by atoms with van der Waals surface area (Å²) in [7, 11) is -4.35. The average molecular weight is 223 g/mol. The van der Waals surface area contributed by atoms with E-state index in [1.54, 1.807) is 0 Å².